The number of rotatable bonds is 10. The molecule has 0 aliphatic rings. The van der Waals surface area contributed by atoms with Crippen LogP contribution in [-0.4, -0.2) is 35.7 Å². The van der Waals surface area contributed by atoms with Gasteiger partial charge in [0.25, 0.3) is 6.43 Å². The quantitative estimate of drug-likeness (QED) is 0.667. The molecule has 1 atom stereocenters. The van der Waals surface area contributed by atoms with Gasteiger partial charge >= 0.3 is 0 Å². The molecule has 19 heavy (non-hydrogen) atoms. The van der Waals surface area contributed by atoms with Crippen molar-refractivity contribution in [3.05, 3.63) is 18.2 Å². The summed E-state index contributed by atoms with van der Waals surface area (Å²) in [4.78, 5) is 4.36. The van der Waals surface area contributed by atoms with Crippen LogP contribution in [0.15, 0.2) is 12.4 Å². The Hall–Kier alpha value is -1.01. The van der Waals surface area contributed by atoms with Gasteiger partial charge in [-0.05, 0) is 19.4 Å². The van der Waals surface area contributed by atoms with E-state index in [0.717, 1.165) is 25.3 Å². The van der Waals surface area contributed by atoms with Crippen molar-refractivity contribution in [2.24, 2.45) is 0 Å². The Morgan fingerprint density at radius 2 is 2.21 bits per heavy atom. The fraction of sp³-hybridized carbons (Fsp3) is 0.769. The molecule has 1 unspecified atom stereocenters. The van der Waals surface area contributed by atoms with Gasteiger partial charge < -0.3 is 14.6 Å². The van der Waals surface area contributed by atoms with Gasteiger partial charge in [0.2, 0.25) is 0 Å². The minimum atomic E-state index is -2.40. The lowest BCUT2D eigenvalue weighted by Gasteiger charge is -2.19. The molecule has 1 aromatic rings. The molecule has 1 N–H and O–H groups in total. The molecule has 0 fully saturated rings. The lowest BCUT2D eigenvalue weighted by molar-refractivity contribution is 0.0141. The summed E-state index contributed by atoms with van der Waals surface area (Å²) in [7, 11) is 0. The predicted octanol–water partition coefficient (Wildman–Crippen LogP) is 2.62. The third-order valence-electron chi connectivity index (χ3n) is 2.77. The second-order valence-electron chi connectivity index (χ2n) is 4.34. The Balaban J connectivity index is 2.53. The summed E-state index contributed by atoms with van der Waals surface area (Å²) in [5, 5.41) is 3.32. The van der Waals surface area contributed by atoms with E-state index in [1.54, 1.807) is 6.20 Å². The van der Waals surface area contributed by atoms with Crippen LogP contribution in [0.1, 0.15) is 38.6 Å². The Morgan fingerprint density at radius 3 is 2.84 bits per heavy atom. The average Bonchev–Trinajstić information content (AvgIpc) is 2.81. The summed E-state index contributed by atoms with van der Waals surface area (Å²) < 4.78 is 31.0. The van der Waals surface area contributed by atoms with Crippen LogP contribution in [0, 0.1) is 0 Å². The lowest BCUT2D eigenvalue weighted by atomic mass is 10.2. The summed E-state index contributed by atoms with van der Waals surface area (Å²) in [6, 6.07) is 0.0456. The van der Waals surface area contributed by atoms with E-state index in [2.05, 4.69) is 21.8 Å². The molecule has 1 aromatic heterocycles. The summed E-state index contributed by atoms with van der Waals surface area (Å²) in [5.74, 6) is 0.948. The van der Waals surface area contributed by atoms with E-state index < -0.39 is 13.0 Å². The minimum Gasteiger partial charge on any atom is -0.375 e. The number of imidazole rings is 1. The number of ether oxygens (including phenoxy) is 1. The van der Waals surface area contributed by atoms with Gasteiger partial charge in [-0.2, -0.15) is 0 Å². The first kappa shape index (κ1) is 16.0. The second kappa shape index (κ2) is 8.98. The van der Waals surface area contributed by atoms with Gasteiger partial charge in [0.05, 0.1) is 6.04 Å². The zero-order chi connectivity index (χ0) is 14.1. The lowest BCUT2D eigenvalue weighted by Crippen LogP contribution is -2.26. The van der Waals surface area contributed by atoms with Crippen molar-refractivity contribution in [1.29, 1.82) is 0 Å². The van der Waals surface area contributed by atoms with Crippen LogP contribution in [0.3, 0.4) is 0 Å². The standard InChI is InChI=1S/C13H23F2N3O/c1-3-7-18-8-6-17-13(18)11(16-4-2)5-9-19-10-12(14)15/h6,8,11-12,16H,3-5,7,9-10H2,1-2H3. The molecule has 1 rings (SSSR count). The number of nitrogens with zero attached hydrogens (tertiary/aromatic N) is 2. The highest BCUT2D eigenvalue weighted by molar-refractivity contribution is 4.99. The summed E-state index contributed by atoms with van der Waals surface area (Å²) in [6.45, 7) is 5.65. The molecule has 1 heterocycles. The highest BCUT2D eigenvalue weighted by Crippen LogP contribution is 2.15. The molecule has 0 aliphatic heterocycles. The van der Waals surface area contributed by atoms with Crippen LogP contribution in [0.25, 0.3) is 0 Å². The Morgan fingerprint density at radius 1 is 1.42 bits per heavy atom. The van der Waals surface area contributed by atoms with Crippen molar-refractivity contribution in [3.8, 4) is 0 Å². The highest BCUT2D eigenvalue weighted by atomic mass is 19.3. The van der Waals surface area contributed by atoms with Crippen LogP contribution in [0.4, 0.5) is 8.78 Å². The number of hydrogen-bond acceptors (Lipinski definition) is 3. The number of aryl methyl sites for hydroxylation is 1. The van der Waals surface area contributed by atoms with Crippen molar-refractivity contribution in [1.82, 2.24) is 14.9 Å². The topological polar surface area (TPSA) is 39.1 Å². The number of nitrogens with one attached hydrogen (secondary N) is 1. The third kappa shape index (κ3) is 5.65. The van der Waals surface area contributed by atoms with E-state index in [-0.39, 0.29) is 6.04 Å². The van der Waals surface area contributed by atoms with Gasteiger partial charge in [-0.1, -0.05) is 13.8 Å². The average molecular weight is 275 g/mol. The van der Waals surface area contributed by atoms with Gasteiger partial charge in [0.15, 0.2) is 0 Å². The molecule has 6 heteroatoms. The van der Waals surface area contributed by atoms with Crippen LogP contribution < -0.4 is 5.32 Å². The first-order valence-electron chi connectivity index (χ1n) is 6.79. The highest BCUT2D eigenvalue weighted by Gasteiger charge is 2.16. The fourth-order valence-electron chi connectivity index (χ4n) is 2.00. The maximum absolute atomic E-state index is 12.0. The fourth-order valence-corrected chi connectivity index (χ4v) is 2.00. The van der Waals surface area contributed by atoms with Crippen molar-refractivity contribution in [2.75, 3.05) is 19.8 Å². The van der Waals surface area contributed by atoms with Gasteiger partial charge in [0.1, 0.15) is 12.4 Å². The largest absolute Gasteiger partial charge is 0.375 e. The summed E-state index contributed by atoms with van der Waals surface area (Å²) in [6.07, 6.45) is 2.99. The predicted molar refractivity (Wildman–Crippen MR) is 70.4 cm³/mol. The first-order valence-corrected chi connectivity index (χ1v) is 6.79. The zero-order valence-electron chi connectivity index (χ0n) is 11.6. The summed E-state index contributed by atoms with van der Waals surface area (Å²) in [5.41, 5.74) is 0. The SMILES string of the molecule is CCCn1ccnc1C(CCOCC(F)F)NCC. The number of hydrogen-bond donors (Lipinski definition) is 1. The molecular weight excluding hydrogens is 252 g/mol. The maximum Gasteiger partial charge on any atom is 0.261 e. The number of aromatic nitrogens is 2. The van der Waals surface area contributed by atoms with E-state index in [1.165, 1.54) is 0 Å². The number of alkyl halides is 2. The molecule has 4 nitrogen and oxygen atoms in total. The first-order chi connectivity index (χ1) is 9.19. The molecule has 0 aliphatic carbocycles. The van der Waals surface area contributed by atoms with Crippen molar-refractivity contribution in [2.45, 2.75) is 45.7 Å². The van der Waals surface area contributed by atoms with Gasteiger partial charge in [-0.3, -0.25) is 0 Å². The van der Waals surface area contributed by atoms with E-state index in [9.17, 15) is 8.78 Å². The minimum absolute atomic E-state index is 0.0456. The molecular formula is C13H23F2N3O. The molecule has 0 aromatic carbocycles. The molecule has 0 amide bonds. The Labute approximate surface area is 113 Å². The molecule has 0 saturated carbocycles. The van der Waals surface area contributed by atoms with Gasteiger partial charge in [-0.25, -0.2) is 13.8 Å². The van der Waals surface area contributed by atoms with E-state index in [1.807, 2.05) is 13.1 Å². The monoisotopic (exact) mass is 275 g/mol. The molecule has 0 spiro atoms. The molecule has 110 valence electrons. The normalized spacial score (nSPS) is 13.1. The van der Waals surface area contributed by atoms with Crippen molar-refractivity contribution < 1.29 is 13.5 Å². The van der Waals surface area contributed by atoms with Crippen LogP contribution in [0.2, 0.25) is 0 Å². The van der Waals surface area contributed by atoms with Gasteiger partial charge in [-0.15, -0.1) is 0 Å². The van der Waals surface area contributed by atoms with Crippen molar-refractivity contribution >= 4 is 0 Å². The smallest absolute Gasteiger partial charge is 0.261 e. The van der Waals surface area contributed by atoms with Crippen LogP contribution >= 0.6 is 0 Å². The van der Waals surface area contributed by atoms with E-state index in [4.69, 9.17) is 4.74 Å². The number of halogens is 2. The van der Waals surface area contributed by atoms with E-state index in [0.29, 0.717) is 13.0 Å². The summed E-state index contributed by atoms with van der Waals surface area (Å²) >= 11 is 0. The zero-order valence-corrected chi connectivity index (χ0v) is 11.6. The Kier molecular flexibility index (Phi) is 7.59. The van der Waals surface area contributed by atoms with E-state index >= 15 is 0 Å². The molecule has 0 radical (unpaired) electrons. The van der Waals surface area contributed by atoms with Gasteiger partial charge in [0, 0.05) is 25.5 Å². The molecule has 0 bridgehead atoms. The molecule has 0 saturated heterocycles. The van der Waals surface area contributed by atoms with Crippen LogP contribution in [0.5, 0.6) is 0 Å². The second-order valence-corrected chi connectivity index (χ2v) is 4.34. The van der Waals surface area contributed by atoms with Crippen molar-refractivity contribution in [3.63, 3.8) is 0 Å². The maximum atomic E-state index is 12.0. The third-order valence-corrected chi connectivity index (χ3v) is 2.77. The van der Waals surface area contributed by atoms with Crippen LogP contribution in [-0.2, 0) is 11.3 Å². The Bertz CT molecular complexity index is 344.